The predicted molar refractivity (Wildman–Crippen MR) is 74.9 cm³/mol. The maximum atomic E-state index is 11.9. The van der Waals surface area contributed by atoms with E-state index in [1.165, 1.54) is 0 Å². The van der Waals surface area contributed by atoms with Gasteiger partial charge in [0.2, 0.25) is 0 Å². The van der Waals surface area contributed by atoms with Crippen molar-refractivity contribution in [2.75, 3.05) is 6.61 Å². The number of hydroxylamine groups is 2. The number of alkyl halides is 1. The van der Waals surface area contributed by atoms with Crippen molar-refractivity contribution >= 4 is 39.7 Å². The van der Waals surface area contributed by atoms with Crippen molar-refractivity contribution in [3.05, 3.63) is 0 Å². The minimum Gasteiger partial charge on any atom is -0.466 e. The second kappa shape index (κ2) is 7.02. The van der Waals surface area contributed by atoms with Crippen LogP contribution in [0.25, 0.3) is 0 Å². The highest BCUT2D eigenvalue weighted by Crippen LogP contribution is 2.28. The van der Waals surface area contributed by atoms with Gasteiger partial charge in [-0.15, -0.1) is 5.06 Å². The summed E-state index contributed by atoms with van der Waals surface area (Å²) in [5.74, 6) is -2.32. The van der Waals surface area contributed by atoms with Gasteiger partial charge in [0.25, 0.3) is 11.8 Å². The van der Waals surface area contributed by atoms with Crippen LogP contribution >= 0.6 is 15.9 Å². The van der Waals surface area contributed by atoms with Crippen LogP contribution in [0.15, 0.2) is 0 Å². The Labute approximate surface area is 131 Å². The molecule has 118 valence electrons. The van der Waals surface area contributed by atoms with E-state index in [9.17, 15) is 19.2 Å². The molecule has 21 heavy (non-hydrogen) atoms. The number of imide groups is 1. The number of hydrogen-bond donors (Lipinski definition) is 0. The third-order valence-electron chi connectivity index (χ3n) is 2.96. The third-order valence-corrected chi connectivity index (χ3v) is 3.66. The van der Waals surface area contributed by atoms with Crippen molar-refractivity contribution < 1.29 is 28.8 Å². The number of amides is 2. The normalized spacial score (nSPS) is 16.9. The Hall–Kier alpha value is -1.44. The number of carbonyl (C=O) groups excluding carboxylic acids is 4. The molecule has 0 aromatic carbocycles. The molecular formula is C13H18BrNO6. The van der Waals surface area contributed by atoms with Crippen LogP contribution in [0.4, 0.5) is 0 Å². The van der Waals surface area contributed by atoms with E-state index in [0.717, 1.165) is 0 Å². The Balaban J connectivity index is 2.60. The van der Waals surface area contributed by atoms with E-state index in [1.54, 1.807) is 20.8 Å². The van der Waals surface area contributed by atoms with Gasteiger partial charge in [-0.3, -0.25) is 14.4 Å². The van der Waals surface area contributed by atoms with Crippen LogP contribution in [0.1, 0.15) is 40.0 Å². The van der Waals surface area contributed by atoms with E-state index in [2.05, 4.69) is 15.9 Å². The summed E-state index contributed by atoms with van der Waals surface area (Å²) in [6.45, 7) is 5.21. The molecule has 1 aliphatic rings. The standard InChI is InChI=1S/C13H18BrNO6/c1-4-20-12(19)13(2,3)7-8(14)11(18)21-15-9(16)5-6-10(15)17/h8H,4-7H2,1-3H3. The van der Waals surface area contributed by atoms with E-state index in [-0.39, 0.29) is 25.9 Å². The molecule has 0 spiro atoms. The molecule has 8 heteroatoms. The molecular weight excluding hydrogens is 346 g/mol. The molecule has 7 nitrogen and oxygen atoms in total. The number of rotatable bonds is 6. The predicted octanol–water partition coefficient (Wildman–Crippen LogP) is 1.34. The van der Waals surface area contributed by atoms with Gasteiger partial charge in [-0.25, -0.2) is 4.79 Å². The minimum atomic E-state index is -0.901. The lowest BCUT2D eigenvalue weighted by Gasteiger charge is -2.24. The van der Waals surface area contributed by atoms with Crippen molar-refractivity contribution in [3.8, 4) is 0 Å². The van der Waals surface area contributed by atoms with Gasteiger partial charge in [-0.1, -0.05) is 15.9 Å². The fourth-order valence-electron chi connectivity index (χ4n) is 1.75. The molecule has 2 amide bonds. The molecule has 0 bridgehead atoms. The number of carbonyl (C=O) groups is 4. The van der Waals surface area contributed by atoms with E-state index < -0.39 is 34.0 Å². The number of hydrogen-bond acceptors (Lipinski definition) is 6. The lowest BCUT2D eigenvalue weighted by atomic mass is 9.88. The van der Waals surface area contributed by atoms with Gasteiger partial charge in [-0.2, -0.15) is 0 Å². The largest absolute Gasteiger partial charge is 0.466 e. The van der Waals surface area contributed by atoms with Gasteiger partial charge < -0.3 is 9.57 Å². The molecule has 0 aliphatic carbocycles. The van der Waals surface area contributed by atoms with Crippen molar-refractivity contribution in [1.29, 1.82) is 0 Å². The fraction of sp³-hybridized carbons (Fsp3) is 0.692. The van der Waals surface area contributed by atoms with Crippen LogP contribution < -0.4 is 0 Å². The second-order valence-electron chi connectivity index (χ2n) is 5.27. The zero-order valence-corrected chi connectivity index (χ0v) is 13.8. The first-order valence-electron chi connectivity index (χ1n) is 6.58. The number of esters is 1. The van der Waals surface area contributed by atoms with Crippen LogP contribution in [0.5, 0.6) is 0 Å². The zero-order valence-electron chi connectivity index (χ0n) is 12.2. The molecule has 0 aromatic rings. The average Bonchev–Trinajstić information content (AvgIpc) is 2.70. The first-order valence-corrected chi connectivity index (χ1v) is 7.49. The summed E-state index contributed by atoms with van der Waals surface area (Å²) in [5, 5.41) is 0.480. The quantitative estimate of drug-likeness (QED) is 0.401. The first kappa shape index (κ1) is 17.6. The van der Waals surface area contributed by atoms with Crippen molar-refractivity contribution in [2.24, 2.45) is 5.41 Å². The maximum Gasteiger partial charge on any atom is 0.346 e. The van der Waals surface area contributed by atoms with Crippen LogP contribution in [-0.4, -0.2) is 40.3 Å². The lowest BCUT2D eigenvalue weighted by molar-refractivity contribution is -0.197. The summed E-state index contributed by atoms with van der Waals surface area (Å²) in [6.07, 6.45) is 0.182. The highest BCUT2D eigenvalue weighted by molar-refractivity contribution is 9.10. The van der Waals surface area contributed by atoms with E-state index in [1.807, 2.05) is 0 Å². The Morgan fingerprint density at radius 1 is 1.29 bits per heavy atom. The van der Waals surface area contributed by atoms with E-state index >= 15 is 0 Å². The number of ether oxygens (including phenoxy) is 1. The molecule has 1 unspecified atom stereocenters. The van der Waals surface area contributed by atoms with Gasteiger partial charge in [-0.05, 0) is 27.2 Å². The average molecular weight is 364 g/mol. The Morgan fingerprint density at radius 2 is 1.81 bits per heavy atom. The summed E-state index contributed by atoms with van der Waals surface area (Å²) in [7, 11) is 0. The molecule has 0 radical (unpaired) electrons. The zero-order chi connectivity index (χ0) is 16.2. The number of nitrogens with zero attached hydrogens (tertiary/aromatic N) is 1. The van der Waals surface area contributed by atoms with Crippen molar-refractivity contribution in [1.82, 2.24) is 5.06 Å². The van der Waals surface area contributed by atoms with Crippen LogP contribution in [0, 0.1) is 5.41 Å². The fourth-order valence-corrected chi connectivity index (χ4v) is 2.64. The molecule has 0 N–H and O–H groups in total. The molecule has 1 heterocycles. The van der Waals surface area contributed by atoms with Gasteiger partial charge in [0.05, 0.1) is 12.0 Å². The smallest absolute Gasteiger partial charge is 0.346 e. The summed E-state index contributed by atoms with van der Waals surface area (Å²) in [4.78, 5) is 50.3. The molecule has 0 saturated carbocycles. The Morgan fingerprint density at radius 3 is 2.29 bits per heavy atom. The molecule has 1 aliphatic heterocycles. The highest BCUT2D eigenvalue weighted by Gasteiger charge is 2.38. The van der Waals surface area contributed by atoms with Gasteiger partial charge in [0.1, 0.15) is 4.83 Å². The topological polar surface area (TPSA) is 90.0 Å². The van der Waals surface area contributed by atoms with Crippen LogP contribution in [0.3, 0.4) is 0 Å². The lowest BCUT2D eigenvalue weighted by Crippen LogP contribution is -2.37. The Bertz CT molecular complexity index is 446. The monoisotopic (exact) mass is 363 g/mol. The summed E-state index contributed by atoms with van der Waals surface area (Å²) in [6, 6.07) is 0. The first-order chi connectivity index (χ1) is 9.69. The molecule has 1 rings (SSSR count). The molecule has 1 atom stereocenters. The highest BCUT2D eigenvalue weighted by atomic mass is 79.9. The Kier molecular flexibility index (Phi) is 5.88. The summed E-state index contributed by atoms with van der Waals surface area (Å²) < 4.78 is 4.92. The summed E-state index contributed by atoms with van der Waals surface area (Å²) >= 11 is 3.11. The van der Waals surface area contributed by atoms with Crippen molar-refractivity contribution in [3.63, 3.8) is 0 Å². The maximum absolute atomic E-state index is 11.9. The van der Waals surface area contributed by atoms with Gasteiger partial charge in [0, 0.05) is 12.8 Å². The van der Waals surface area contributed by atoms with E-state index in [4.69, 9.17) is 9.57 Å². The summed E-state index contributed by atoms with van der Waals surface area (Å²) in [5.41, 5.74) is -0.901. The third kappa shape index (κ3) is 4.52. The molecule has 1 saturated heterocycles. The molecule has 0 aromatic heterocycles. The number of halogens is 1. The van der Waals surface area contributed by atoms with Gasteiger partial charge >= 0.3 is 11.9 Å². The minimum absolute atomic E-state index is 0.0351. The van der Waals surface area contributed by atoms with Crippen LogP contribution in [0.2, 0.25) is 0 Å². The van der Waals surface area contributed by atoms with E-state index in [0.29, 0.717) is 5.06 Å². The van der Waals surface area contributed by atoms with Gasteiger partial charge in [0.15, 0.2) is 0 Å². The molecule has 1 fully saturated rings. The van der Waals surface area contributed by atoms with Crippen LogP contribution in [-0.2, 0) is 28.8 Å². The second-order valence-corrected chi connectivity index (χ2v) is 6.37. The van der Waals surface area contributed by atoms with Crippen molar-refractivity contribution in [2.45, 2.75) is 44.9 Å². The SMILES string of the molecule is CCOC(=O)C(C)(C)CC(Br)C(=O)ON1C(=O)CCC1=O.